The van der Waals surface area contributed by atoms with Crippen LogP contribution in [0.15, 0.2) is 89.8 Å². The molecule has 13 heteroatoms. The zero-order valence-electron chi connectivity index (χ0n) is 24.0. The monoisotopic (exact) mass is 635 g/mol. The van der Waals surface area contributed by atoms with Crippen LogP contribution in [-0.4, -0.2) is 37.2 Å². The quantitative estimate of drug-likeness (QED) is 0.170. The average Bonchev–Trinajstić information content (AvgIpc) is 3.63. The summed E-state index contributed by atoms with van der Waals surface area (Å²) in [6.07, 6.45) is -0.944. The highest BCUT2D eigenvalue weighted by atomic mass is 32.2. The number of halogens is 3. The van der Waals surface area contributed by atoms with Crippen LogP contribution in [0.1, 0.15) is 42.5 Å². The summed E-state index contributed by atoms with van der Waals surface area (Å²) in [5.74, 6) is 1.38. The first-order valence-electron chi connectivity index (χ1n) is 13.8. The van der Waals surface area contributed by atoms with E-state index in [4.69, 9.17) is 17.2 Å². The number of benzene rings is 3. The van der Waals surface area contributed by atoms with Gasteiger partial charge in [-0.05, 0) is 73.1 Å². The van der Waals surface area contributed by atoms with E-state index >= 15 is 0 Å². The molecule has 0 aliphatic carbocycles. The summed E-state index contributed by atoms with van der Waals surface area (Å²) in [6.45, 7) is 6.32. The molecule has 3 aromatic carbocycles. The molecule has 2 atom stereocenters. The number of nitrogens with zero attached hydrogens (tertiary/aromatic N) is 5. The van der Waals surface area contributed by atoms with Crippen molar-refractivity contribution < 1.29 is 17.9 Å². The second-order valence-corrected chi connectivity index (χ2v) is 11.8. The lowest BCUT2D eigenvalue weighted by molar-refractivity contribution is -0.274. The molecular weight excluding hydrogens is 608 g/mol. The van der Waals surface area contributed by atoms with Gasteiger partial charge in [0.25, 0.3) is 0 Å². The Kier molecular flexibility index (Phi) is 8.18. The summed E-state index contributed by atoms with van der Waals surface area (Å²) in [5.41, 5.74) is 13.5. The summed E-state index contributed by atoms with van der Waals surface area (Å²) >= 11 is 7.23. The van der Waals surface area contributed by atoms with E-state index in [-0.39, 0.29) is 11.8 Å². The zero-order valence-corrected chi connectivity index (χ0v) is 25.6. The number of fused-ring (bicyclic) bond motifs is 3. The molecule has 0 amide bonds. The largest absolute Gasteiger partial charge is 0.573 e. The molecule has 4 aromatic rings. The summed E-state index contributed by atoms with van der Waals surface area (Å²) in [7, 11) is 0. The van der Waals surface area contributed by atoms with Crippen LogP contribution in [0, 0.1) is 6.92 Å². The third-order valence-electron chi connectivity index (χ3n) is 7.28. The number of thioether (sulfide) groups is 1. The topological polar surface area (TPSA) is 79.6 Å². The number of alkyl halides is 3. The maximum absolute atomic E-state index is 12.4. The minimum atomic E-state index is -4.74. The van der Waals surface area contributed by atoms with Crippen molar-refractivity contribution >= 4 is 39.9 Å². The van der Waals surface area contributed by atoms with Crippen LogP contribution in [0.3, 0.4) is 0 Å². The Morgan fingerprint density at radius 1 is 1.11 bits per heavy atom. The lowest BCUT2D eigenvalue weighted by atomic mass is 9.93. The Hall–Kier alpha value is -4.20. The van der Waals surface area contributed by atoms with Gasteiger partial charge in [-0.25, -0.2) is 15.1 Å². The summed E-state index contributed by atoms with van der Waals surface area (Å²) in [5, 5.41) is 5.66. The van der Waals surface area contributed by atoms with E-state index in [0.717, 1.165) is 27.7 Å². The van der Waals surface area contributed by atoms with Gasteiger partial charge in [0.1, 0.15) is 12.1 Å². The van der Waals surface area contributed by atoms with Gasteiger partial charge in [0.05, 0.1) is 11.4 Å². The SMILES string of the molecule is Cc1ccc2c(c1)N1C(=CC2C)CSC1=NC(=S)NNC(C)c1ccc(-c2ncn(-c3ccc(OC(F)(F)F)cc3)n2)cc1. The maximum Gasteiger partial charge on any atom is 0.573 e. The molecule has 2 unspecified atom stereocenters. The van der Waals surface area contributed by atoms with Crippen LogP contribution in [-0.2, 0) is 0 Å². The van der Waals surface area contributed by atoms with Crippen LogP contribution >= 0.6 is 24.0 Å². The number of ether oxygens (including phenoxy) is 1. The minimum Gasteiger partial charge on any atom is -0.406 e. The van der Waals surface area contributed by atoms with Crippen molar-refractivity contribution in [1.82, 2.24) is 25.6 Å². The molecule has 8 nitrogen and oxygen atoms in total. The third-order valence-corrected chi connectivity index (χ3v) is 8.44. The van der Waals surface area contributed by atoms with Gasteiger partial charge in [0.15, 0.2) is 11.0 Å². The van der Waals surface area contributed by atoms with Gasteiger partial charge in [0, 0.05) is 29.0 Å². The minimum absolute atomic E-state index is 0.0870. The molecule has 2 N–H and O–H groups in total. The van der Waals surface area contributed by atoms with Crippen molar-refractivity contribution in [2.75, 3.05) is 10.7 Å². The Labute approximate surface area is 262 Å². The number of hydrogen-bond donors (Lipinski definition) is 2. The fraction of sp³-hybridized carbons (Fsp3) is 0.226. The molecule has 1 fully saturated rings. The molecule has 44 heavy (non-hydrogen) atoms. The molecule has 2 aliphatic heterocycles. The van der Waals surface area contributed by atoms with Gasteiger partial charge in [0.2, 0.25) is 5.11 Å². The van der Waals surface area contributed by atoms with E-state index in [9.17, 15) is 13.2 Å². The van der Waals surface area contributed by atoms with E-state index in [1.54, 1.807) is 11.8 Å². The van der Waals surface area contributed by atoms with Crippen molar-refractivity contribution in [3.63, 3.8) is 0 Å². The van der Waals surface area contributed by atoms with E-state index in [1.165, 1.54) is 52.1 Å². The predicted octanol–water partition coefficient (Wildman–Crippen LogP) is 7.19. The van der Waals surface area contributed by atoms with Crippen molar-refractivity contribution in [1.29, 1.82) is 0 Å². The molecule has 3 heterocycles. The Morgan fingerprint density at radius 2 is 1.86 bits per heavy atom. The Balaban J connectivity index is 1.07. The highest BCUT2D eigenvalue weighted by Crippen LogP contribution is 2.43. The number of thiocarbonyl (C=S) groups is 1. The molecule has 0 spiro atoms. The smallest absolute Gasteiger partial charge is 0.406 e. The van der Waals surface area contributed by atoms with Gasteiger partial charge in [-0.1, -0.05) is 61.2 Å². The van der Waals surface area contributed by atoms with E-state index in [0.29, 0.717) is 22.5 Å². The first kappa shape index (κ1) is 29.9. The molecule has 1 saturated heterocycles. The first-order valence-corrected chi connectivity index (χ1v) is 15.2. The van der Waals surface area contributed by atoms with Gasteiger partial charge in [-0.3, -0.25) is 10.3 Å². The summed E-state index contributed by atoms with van der Waals surface area (Å²) < 4.78 is 42.7. The number of hydrogen-bond acceptors (Lipinski definition) is 6. The molecule has 226 valence electrons. The molecule has 0 radical (unpaired) electrons. The van der Waals surface area contributed by atoms with E-state index < -0.39 is 6.36 Å². The van der Waals surface area contributed by atoms with Crippen molar-refractivity contribution in [3.8, 4) is 22.8 Å². The van der Waals surface area contributed by atoms with Crippen LogP contribution in [0.5, 0.6) is 5.75 Å². The van der Waals surface area contributed by atoms with Crippen LogP contribution in [0.2, 0.25) is 0 Å². The Bertz CT molecular complexity index is 1750. The number of aryl methyl sites for hydroxylation is 1. The number of aromatic nitrogens is 3. The number of nitrogens with one attached hydrogen (secondary N) is 2. The number of rotatable bonds is 6. The van der Waals surface area contributed by atoms with Crippen molar-refractivity contribution in [2.24, 2.45) is 4.99 Å². The van der Waals surface area contributed by atoms with Crippen LogP contribution < -0.4 is 20.5 Å². The van der Waals surface area contributed by atoms with Gasteiger partial charge in [-0.2, -0.15) is 4.99 Å². The van der Waals surface area contributed by atoms with E-state index in [1.807, 2.05) is 31.2 Å². The number of anilines is 1. The Morgan fingerprint density at radius 3 is 2.59 bits per heavy atom. The molecule has 1 aromatic heterocycles. The normalized spacial score (nSPS) is 17.6. The second kappa shape index (κ2) is 12.1. The highest BCUT2D eigenvalue weighted by Gasteiger charge is 2.33. The number of hydrazine groups is 1. The molecule has 0 saturated carbocycles. The molecular formula is C31H28F3N7OS2. The lowest BCUT2D eigenvalue weighted by Gasteiger charge is -2.30. The third kappa shape index (κ3) is 6.49. The van der Waals surface area contributed by atoms with Gasteiger partial charge in [-0.15, -0.1) is 18.3 Å². The predicted molar refractivity (Wildman–Crippen MR) is 171 cm³/mol. The fourth-order valence-electron chi connectivity index (χ4n) is 5.07. The molecule has 6 rings (SSSR count). The molecule has 2 aliphatic rings. The lowest BCUT2D eigenvalue weighted by Crippen LogP contribution is -2.38. The number of allylic oxidation sites excluding steroid dienone is 1. The average molecular weight is 636 g/mol. The van der Waals surface area contributed by atoms with Gasteiger partial charge >= 0.3 is 6.36 Å². The summed E-state index contributed by atoms with van der Waals surface area (Å²) in [4.78, 5) is 11.3. The zero-order chi connectivity index (χ0) is 31.0. The highest BCUT2D eigenvalue weighted by molar-refractivity contribution is 8.14. The summed E-state index contributed by atoms with van der Waals surface area (Å²) in [6, 6.07) is 19.6. The van der Waals surface area contributed by atoms with E-state index in [2.05, 4.69) is 68.7 Å². The first-order chi connectivity index (χ1) is 21.0. The van der Waals surface area contributed by atoms with Crippen molar-refractivity contribution in [3.05, 3.63) is 102 Å². The maximum atomic E-state index is 12.4. The van der Waals surface area contributed by atoms with Crippen molar-refractivity contribution in [2.45, 2.75) is 39.1 Å². The van der Waals surface area contributed by atoms with Crippen LogP contribution in [0.25, 0.3) is 17.1 Å². The van der Waals surface area contributed by atoms with Crippen LogP contribution in [0.4, 0.5) is 18.9 Å². The fourth-order valence-corrected chi connectivity index (χ4v) is 6.28. The second-order valence-electron chi connectivity index (χ2n) is 10.5. The molecule has 0 bridgehead atoms. The number of aliphatic imine (C=N–C) groups is 1. The van der Waals surface area contributed by atoms with Gasteiger partial charge < -0.3 is 4.74 Å². The number of amidine groups is 1. The standard InChI is InChI=1S/C31H28F3N7OS2/c1-18-4-13-26-19(2)15-24-16-44-30(41(24)27(26)14-18)36-29(43)38-37-20(3)21-5-7-22(8-6-21)28-35-17-40(39-28)23-9-11-25(12-10-23)42-31(32,33)34/h4-15,17,19-20,37H,16H2,1-3H3,(H,38,43).